The van der Waals surface area contributed by atoms with E-state index in [-0.39, 0.29) is 19.2 Å². The minimum atomic E-state index is -0.715. The molecular weight excluding hydrogens is 463 g/mol. The van der Waals surface area contributed by atoms with Crippen LogP contribution in [0.4, 0.5) is 4.79 Å². The Labute approximate surface area is 193 Å². The molecule has 2 aliphatic rings. The molecule has 0 bridgehead atoms. The molecule has 0 spiro atoms. The maximum Gasteiger partial charge on any atom is 0.338 e. The maximum absolute atomic E-state index is 12.9. The summed E-state index contributed by atoms with van der Waals surface area (Å²) in [5.74, 6) is 0.917. The number of amides is 2. The van der Waals surface area contributed by atoms with Crippen LogP contribution in [0.25, 0.3) is 0 Å². The van der Waals surface area contributed by atoms with Crippen molar-refractivity contribution in [2.45, 2.75) is 17.9 Å². The number of hydrogen-bond acceptors (Lipinski definition) is 6. The molecule has 31 heavy (non-hydrogen) atoms. The molecule has 2 amide bonds. The molecule has 0 aliphatic carbocycles. The van der Waals surface area contributed by atoms with E-state index >= 15 is 0 Å². The molecule has 0 aromatic heterocycles. The molecule has 7 nitrogen and oxygen atoms in total. The van der Waals surface area contributed by atoms with E-state index in [4.69, 9.17) is 37.4 Å². The van der Waals surface area contributed by atoms with Gasteiger partial charge in [-0.3, -0.25) is 0 Å². The number of carbonyl (C=O) groups is 2. The number of benzene rings is 2. The van der Waals surface area contributed by atoms with Gasteiger partial charge in [0.2, 0.25) is 6.79 Å². The molecule has 2 aliphatic heterocycles. The van der Waals surface area contributed by atoms with Gasteiger partial charge in [-0.1, -0.05) is 29.3 Å². The van der Waals surface area contributed by atoms with Crippen LogP contribution in [-0.4, -0.2) is 31.2 Å². The first-order chi connectivity index (χ1) is 15.0. The van der Waals surface area contributed by atoms with Gasteiger partial charge >= 0.3 is 12.0 Å². The standard InChI is InChI=1S/C21H18Cl2N2O5S/c1-2-28-20(26)18-14(9-31-17-8-12(22)4-5-13(17)23)24-21(27)25-19(18)11-3-6-15-16(7-11)30-10-29-15/h3-8,19H,2,9-10H2,1H3,(H2,24,25,27). The fourth-order valence-corrected chi connectivity index (χ4v) is 4.72. The number of hydrogen-bond donors (Lipinski definition) is 2. The number of halogens is 2. The zero-order valence-corrected chi connectivity index (χ0v) is 18.7. The van der Waals surface area contributed by atoms with Crippen molar-refractivity contribution in [1.82, 2.24) is 10.6 Å². The van der Waals surface area contributed by atoms with Gasteiger partial charge in [0, 0.05) is 21.4 Å². The Bertz CT molecular complexity index is 1080. The largest absolute Gasteiger partial charge is 0.463 e. The van der Waals surface area contributed by atoms with E-state index in [2.05, 4.69) is 10.6 Å². The molecule has 2 aromatic carbocycles. The summed E-state index contributed by atoms with van der Waals surface area (Å²) in [6.07, 6.45) is 0. The summed E-state index contributed by atoms with van der Waals surface area (Å²) in [7, 11) is 0. The highest BCUT2D eigenvalue weighted by Gasteiger charge is 2.34. The third kappa shape index (κ3) is 4.71. The van der Waals surface area contributed by atoms with Crippen molar-refractivity contribution in [1.29, 1.82) is 0 Å². The molecule has 0 saturated heterocycles. The summed E-state index contributed by atoms with van der Waals surface area (Å²) in [6.45, 7) is 2.05. The number of esters is 1. The number of urea groups is 1. The molecule has 0 saturated carbocycles. The molecule has 1 atom stereocenters. The van der Waals surface area contributed by atoms with Crippen LogP contribution in [0.1, 0.15) is 18.5 Å². The fraction of sp³-hybridized carbons (Fsp3) is 0.238. The second-order valence-electron chi connectivity index (χ2n) is 6.62. The van der Waals surface area contributed by atoms with Gasteiger partial charge in [-0.15, -0.1) is 11.8 Å². The lowest BCUT2D eigenvalue weighted by Gasteiger charge is -2.29. The van der Waals surface area contributed by atoms with Gasteiger partial charge in [-0.05, 0) is 42.8 Å². The summed E-state index contributed by atoms with van der Waals surface area (Å²) in [5, 5.41) is 6.61. The van der Waals surface area contributed by atoms with Crippen molar-refractivity contribution >= 4 is 47.0 Å². The lowest BCUT2D eigenvalue weighted by Crippen LogP contribution is -2.46. The van der Waals surface area contributed by atoms with Crippen LogP contribution in [0.15, 0.2) is 52.6 Å². The molecule has 10 heteroatoms. The predicted molar refractivity (Wildman–Crippen MR) is 118 cm³/mol. The number of ether oxygens (including phenoxy) is 3. The minimum Gasteiger partial charge on any atom is -0.463 e. The van der Waals surface area contributed by atoms with Crippen LogP contribution >= 0.6 is 35.0 Å². The molecule has 0 radical (unpaired) electrons. The van der Waals surface area contributed by atoms with Gasteiger partial charge < -0.3 is 24.8 Å². The van der Waals surface area contributed by atoms with E-state index < -0.39 is 18.0 Å². The summed E-state index contributed by atoms with van der Waals surface area (Å²) in [6, 6.07) is 9.25. The molecule has 0 fully saturated rings. The van der Waals surface area contributed by atoms with Crippen LogP contribution in [0.3, 0.4) is 0 Å². The average molecular weight is 481 g/mol. The van der Waals surface area contributed by atoms with Gasteiger partial charge in [0.05, 0.1) is 23.2 Å². The normalized spacial score (nSPS) is 17.3. The lowest BCUT2D eigenvalue weighted by molar-refractivity contribution is -0.139. The fourth-order valence-electron chi connectivity index (χ4n) is 3.26. The van der Waals surface area contributed by atoms with E-state index in [9.17, 15) is 9.59 Å². The van der Waals surface area contributed by atoms with E-state index in [1.54, 1.807) is 43.3 Å². The number of fused-ring (bicyclic) bond motifs is 1. The second-order valence-corrected chi connectivity index (χ2v) is 8.48. The number of nitrogens with one attached hydrogen (secondary N) is 2. The zero-order valence-electron chi connectivity index (χ0n) is 16.4. The van der Waals surface area contributed by atoms with Gasteiger partial charge in [0.15, 0.2) is 11.5 Å². The summed E-state index contributed by atoms with van der Waals surface area (Å²) in [5.41, 5.74) is 1.42. The van der Waals surface area contributed by atoms with Crippen molar-refractivity contribution in [3.63, 3.8) is 0 Å². The Morgan fingerprint density at radius 1 is 1.19 bits per heavy atom. The quantitative estimate of drug-likeness (QED) is 0.460. The van der Waals surface area contributed by atoms with Crippen LogP contribution in [0, 0.1) is 0 Å². The predicted octanol–water partition coefficient (Wildman–Crippen LogP) is 4.69. The first kappa shape index (κ1) is 21.7. The zero-order chi connectivity index (χ0) is 22.0. The highest BCUT2D eigenvalue weighted by molar-refractivity contribution is 7.99. The molecule has 2 aromatic rings. The number of thioether (sulfide) groups is 1. The van der Waals surface area contributed by atoms with Crippen molar-refractivity contribution in [3.05, 3.63) is 63.3 Å². The molecule has 1 unspecified atom stereocenters. The molecule has 4 rings (SSSR count). The summed E-state index contributed by atoms with van der Waals surface area (Å²) < 4.78 is 16.1. The van der Waals surface area contributed by atoms with Crippen molar-refractivity contribution < 1.29 is 23.8 Å². The van der Waals surface area contributed by atoms with Crippen molar-refractivity contribution in [2.24, 2.45) is 0 Å². The number of rotatable bonds is 6. The number of carbonyl (C=O) groups excluding carboxylic acids is 2. The van der Waals surface area contributed by atoms with E-state index in [1.165, 1.54) is 11.8 Å². The van der Waals surface area contributed by atoms with Gasteiger partial charge in [0.25, 0.3) is 0 Å². The monoisotopic (exact) mass is 480 g/mol. The maximum atomic E-state index is 12.9. The second kappa shape index (κ2) is 9.30. The SMILES string of the molecule is CCOC(=O)C1=C(CSc2cc(Cl)ccc2Cl)NC(=O)NC1c1ccc2c(c1)OCO2. The van der Waals surface area contributed by atoms with E-state index in [0.717, 1.165) is 4.90 Å². The Balaban J connectivity index is 1.70. The Hall–Kier alpha value is -2.55. The Morgan fingerprint density at radius 2 is 2.00 bits per heavy atom. The third-order valence-electron chi connectivity index (χ3n) is 4.64. The molecule has 2 N–H and O–H groups in total. The van der Waals surface area contributed by atoms with Crippen LogP contribution < -0.4 is 20.1 Å². The van der Waals surface area contributed by atoms with Crippen molar-refractivity contribution in [3.8, 4) is 11.5 Å². The van der Waals surface area contributed by atoms with E-state index in [0.29, 0.717) is 38.4 Å². The third-order valence-corrected chi connectivity index (χ3v) is 6.40. The minimum absolute atomic E-state index is 0.125. The van der Waals surface area contributed by atoms with Crippen molar-refractivity contribution in [2.75, 3.05) is 19.2 Å². The van der Waals surface area contributed by atoms with Crippen LogP contribution in [0.2, 0.25) is 10.0 Å². The first-order valence-electron chi connectivity index (χ1n) is 9.41. The highest BCUT2D eigenvalue weighted by atomic mass is 35.5. The topological polar surface area (TPSA) is 85.9 Å². The molecule has 2 heterocycles. The van der Waals surface area contributed by atoms with E-state index in [1.807, 2.05) is 0 Å². The highest BCUT2D eigenvalue weighted by Crippen LogP contribution is 2.38. The Morgan fingerprint density at radius 3 is 2.81 bits per heavy atom. The van der Waals surface area contributed by atoms with Gasteiger partial charge in [-0.25, -0.2) is 9.59 Å². The van der Waals surface area contributed by atoms with Crippen LogP contribution in [0.5, 0.6) is 11.5 Å². The molecule has 162 valence electrons. The average Bonchev–Trinajstić information content (AvgIpc) is 3.22. The summed E-state index contributed by atoms with van der Waals surface area (Å²) in [4.78, 5) is 26.0. The van der Waals surface area contributed by atoms with Gasteiger partial charge in [0.1, 0.15) is 0 Å². The molecular formula is C21H18Cl2N2O5S. The lowest BCUT2D eigenvalue weighted by atomic mass is 9.95. The summed E-state index contributed by atoms with van der Waals surface area (Å²) >= 11 is 13.7. The van der Waals surface area contributed by atoms with Crippen LogP contribution in [-0.2, 0) is 9.53 Å². The van der Waals surface area contributed by atoms with Gasteiger partial charge in [-0.2, -0.15) is 0 Å². The Kier molecular flexibility index (Phi) is 6.50. The smallest absolute Gasteiger partial charge is 0.338 e. The first-order valence-corrected chi connectivity index (χ1v) is 11.2.